The molecule has 1 saturated heterocycles. The van der Waals surface area contributed by atoms with Crippen LogP contribution in [0.1, 0.15) is 19.3 Å². The van der Waals surface area contributed by atoms with Crippen molar-refractivity contribution in [3.8, 4) is 0 Å². The van der Waals surface area contributed by atoms with E-state index in [1.807, 2.05) is 29.2 Å². The third-order valence-electron chi connectivity index (χ3n) is 3.58. The lowest BCUT2D eigenvalue weighted by Crippen LogP contribution is -2.48. The van der Waals surface area contributed by atoms with Gasteiger partial charge < -0.3 is 10.1 Å². The number of anilines is 1. The molecule has 0 radical (unpaired) electrons. The van der Waals surface area contributed by atoms with Gasteiger partial charge in [-0.1, -0.05) is 18.6 Å². The summed E-state index contributed by atoms with van der Waals surface area (Å²) in [5, 5.41) is 2.89. The normalized spacial score (nSPS) is 19.0. The number of rotatable bonds is 4. The molecule has 1 heterocycles. The maximum absolute atomic E-state index is 12.2. The standard InChI is InChI=1S/C15H19IN2O3/c1-21-15(20)13-8-4-5-9-18(13)10-14(19)17-12-7-3-2-6-11(12)16/h2-3,6-7,13H,4-5,8-10H2,1H3,(H,17,19). The average molecular weight is 402 g/mol. The van der Waals surface area contributed by atoms with E-state index in [4.69, 9.17) is 4.74 Å². The van der Waals surface area contributed by atoms with Crippen molar-refractivity contribution in [3.63, 3.8) is 0 Å². The van der Waals surface area contributed by atoms with Gasteiger partial charge in [-0.25, -0.2) is 0 Å². The van der Waals surface area contributed by atoms with Gasteiger partial charge in [0.25, 0.3) is 0 Å². The second kappa shape index (κ2) is 7.74. The number of nitrogens with one attached hydrogen (secondary N) is 1. The molecule has 1 atom stereocenters. The van der Waals surface area contributed by atoms with E-state index in [9.17, 15) is 9.59 Å². The number of piperidine rings is 1. The number of carbonyl (C=O) groups excluding carboxylic acids is 2. The van der Waals surface area contributed by atoms with Gasteiger partial charge in [0.05, 0.1) is 19.3 Å². The maximum atomic E-state index is 12.2. The van der Waals surface area contributed by atoms with Crippen molar-refractivity contribution in [1.29, 1.82) is 0 Å². The smallest absolute Gasteiger partial charge is 0.323 e. The van der Waals surface area contributed by atoms with E-state index in [1.165, 1.54) is 7.11 Å². The quantitative estimate of drug-likeness (QED) is 0.620. The van der Waals surface area contributed by atoms with Gasteiger partial charge in [-0.05, 0) is 54.1 Å². The monoisotopic (exact) mass is 402 g/mol. The molecule has 21 heavy (non-hydrogen) atoms. The Morgan fingerprint density at radius 3 is 2.86 bits per heavy atom. The fourth-order valence-corrected chi connectivity index (χ4v) is 3.04. The molecule has 1 aliphatic heterocycles. The molecule has 114 valence electrons. The van der Waals surface area contributed by atoms with Crippen LogP contribution in [-0.2, 0) is 14.3 Å². The molecule has 1 aromatic carbocycles. The van der Waals surface area contributed by atoms with Crippen molar-refractivity contribution in [1.82, 2.24) is 4.90 Å². The first-order valence-electron chi connectivity index (χ1n) is 6.98. The molecule has 1 amide bonds. The van der Waals surface area contributed by atoms with Crippen molar-refractivity contribution in [3.05, 3.63) is 27.8 Å². The Morgan fingerprint density at radius 1 is 1.38 bits per heavy atom. The Labute approximate surface area is 138 Å². The predicted molar refractivity (Wildman–Crippen MR) is 89.0 cm³/mol. The number of hydrogen-bond donors (Lipinski definition) is 1. The summed E-state index contributed by atoms with van der Waals surface area (Å²) in [6.07, 6.45) is 2.75. The second-order valence-electron chi connectivity index (χ2n) is 5.03. The summed E-state index contributed by atoms with van der Waals surface area (Å²) in [5.74, 6) is -0.355. The number of amides is 1. The van der Waals surface area contributed by atoms with E-state index in [-0.39, 0.29) is 24.5 Å². The van der Waals surface area contributed by atoms with Gasteiger partial charge in [-0.15, -0.1) is 0 Å². The van der Waals surface area contributed by atoms with Gasteiger partial charge >= 0.3 is 5.97 Å². The van der Waals surface area contributed by atoms with Crippen LogP contribution in [0.5, 0.6) is 0 Å². The van der Waals surface area contributed by atoms with Crippen LogP contribution in [0.15, 0.2) is 24.3 Å². The highest BCUT2D eigenvalue weighted by atomic mass is 127. The highest BCUT2D eigenvalue weighted by Crippen LogP contribution is 2.19. The Balaban J connectivity index is 1.97. The minimum atomic E-state index is -0.302. The number of esters is 1. The van der Waals surface area contributed by atoms with E-state index in [1.54, 1.807) is 0 Å². The van der Waals surface area contributed by atoms with E-state index in [2.05, 4.69) is 27.9 Å². The molecule has 0 saturated carbocycles. The Bertz CT molecular complexity index is 521. The minimum Gasteiger partial charge on any atom is -0.468 e. The topological polar surface area (TPSA) is 58.6 Å². The number of para-hydroxylation sites is 1. The van der Waals surface area contributed by atoms with Crippen LogP contribution >= 0.6 is 22.6 Å². The lowest BCUT2D eigenvalue weighted by atomic mass is 10.0. The van der Waals surface area contributed by atoms with Crippen LogP contribution in [0.4, 0.5) is 5.69 Å². The molecular weight excluding hydrogens is 383 g/mol. The van der Waals surface area contributed by atoms with Crippen LogP contribution in [0.2, 0.25) is 0 Å². The van der Waals surface area contributed by atoms with Crippen molar-refractivity contribution >= 4 is 40.2 Å². The largest absolute Gasteiger partial charge is 0.468 e. The van der Waals surface area contributed by atoms with Crippen LogP contribution < -0.4 is 5.32 Å². The van der Waals surface area contributed by atoms with Crippen LogP contribution in [-0.4, -0.2) is 43.0 Å². The van der Waals surface area contributed by atoms with Gasteiger partial charge in [-0.2, -0.15) is 0 Å². The lowest BCUT2D eigenvalue weighted by molar-refractivity contribution is -0.148. The van der Waals surface area contributed by atoms with Gasteiger partial charge in [-0.3, -0.25) is 14.5 Å². The molecule has 2 rings (SSSR count). The number of ether oxygens (including phenoxy) is 1. The summed E-state index contributed by atoms with van der Waals surface area (Å²) in [4.78, 5) is 25.9. The average Bonchev–Trinajstić information content (AvgIpc) is 2.49. The number of halogens is 1. The third kappa shape index (κ3) is 4.41. The lowest BCUT2D eigenvalue weighted by Gasteiger charge is -2.33. The van der Waals surface area contributed by atoms with E-state index < -0.39 is 0 Å². The van der Waals surface area contributed by atoms with Gasteiger partial charge in [0.15, 0.2) is 0 Å². The van der Waals surface area contributed by atoms with Gasteiger partial charge in [0.2, 0.25) is 5.91 Å². The first kappa shape index (κ1) is 16.2. The first-order chi connectivity index (χ1) is 10.1. The highest BCUT2D eigenvalue weighted by molar-refractivity contribution is 14.1. The van der Waals surface area contributed by atoms with E-state index >= 15 is 0 Å². The Morgan fingerprint density at radius 2 is 2.14 bits per heavy atom. The third-order valence-corrected chi connectivity index (χ3v) is 4.52. The van der Waals surface area contributed by atoms with Gasteiger partial charge in [0, 0.05) is 3.57 Å². The van der Waals surface area contributed by atoms with Crippen LogP contribution in [0.3, 0.4) is 0 Å². The molecule has 0 aromatic heterocycles. The predicted octanol–water partition coefficient (Wildman–Crippen LogP) is 2.26. The SMILES string of the molecule is COC(=O)C1CCCCN1CC(=O)Nc1ccccc1I. The number of nitrogens with zero attached hydrogens (tertiary/aromatic N) is 1. The van der Waals surface area contributed by atoms with Crippen LogP contribution in [0, 0.1) is 3.57 Å². The zero-order chi connectivity index (χ0) is 15.2. The molecule has 1 unspecified atom stereocenters. The summed E-state index contributed by atoms with van der Waals surface area (Å²) in [6.45, 7) is 0.962. The highest BCUT2D eigenvalue weighted by Gasteiger charge is 2.30. The summed E-state index contributed by atoms with van der Waals surface area (Å²) >= 11 is 2.18. The molecule has 0 aliphatic carbocycles. The minimum absolute atomic E-state index is 0.102. The molecule has 5 nitrogen and oxygen atoms in total. The number of likely N-dealkylation sites (tertiary alicyclic amines) is 1. The molecule has 1 fully saturated rings. The van der Waals surface area contributed by atoms with Crippen molar-refractivity contribution < 1.29 is 14.3 Å². The fraction of sp³-hybridized carbons (Fsp3) is 0.467. The maximum Gasteiger partial charge on any atom is 0.323 e. The van der Waals surface area contributed by atoms with E-state index in [0.717, 1.165) is 35.1 Å². The summed E-state index contributed by atoms with van der Waals surface area (Å²) in [5.41, 5.74) is 0.801. The molecule has 6 heteroatoms. The zero-order valence-electron chi connectivity index (χ0n) is 12.0. The number of methoxy groups -OCH3 is 1. The molecule has 0 bridgehead atoms. The van der Waals surface area contributed by atoms with Gasteiger partial charge in [0.1, 0.15) is 6.04 Å². The van der Waals surface area contributed by atoms with Crippen LogP contribution in [0.25, 0.3) is 0 Å². The summed E-state index contributed by atoms with van der Waals surface area (Å²) in [7, 11) is 1.39. The molecule has 0 spiro atoms. The zero-order valence-corrected chi connectivity index (χ0v) is 14.1. The molecular formula is C15H19IN2O3. The fourth-order valence-electron chi connectivity index (χ4n) is 2.52. The molecule has 1 aliphatic rings. The van der Waals surface area contributed by atoms with Crippen molar-refractivity contribution in [2.24, 2.45) is 0 Å². The Hall–Kier alpha value is -1.15. The number of hydrogen-bond acceptors (Lipinski definition) is 4. The Kier molecular flexibility index (Phi) is 5.98. The molecule has 1 N–H and O–H groups in total. The van der Waals surface area contributed by atoms with Crippen molar-refractivity contribution in [2.45, 2.75) is 25.3 Å². The summed E-state index contributed by atoms with van der Waals surface area (Å²) < 4.78 is 5.82. The van der Waals surface area contributed by atoms with Crippen molar-refractivity contribution in [2.75, 3.05) is 25.5 Å². The summed E-state index contributed by atoms with van der Waals surface area (Å²) in [6, 6.07) is 7.32. The number of benzene rings is 1. The second-order valence-corrected chi connectivity index (χ2v) is 6.20. The first-order valence-corrected chi connectivity index (χ1v) is 8.06. The number of carbonyl (C=O) groups is 2. The van der Waals surface area contributed by atoms with E-state index in [0.29, 0.717) is 0 Å². The molecule has 1 aromatic rings.